The van der Waals surface area contributed by atoms with E-state index in [0.29, 0.717) is 30.5 Å². The maximum Gasteiger partial charge on any atom is 0.317 e. The van der Waals surface area contributed by atoms with Crippen molar-refractivity contribution < 1.29 is 4.79 Å². The molecule has 0 aromatic rings. The predicted molar refractivity (Wildman–Crippen MR) is 60.2 cm³/mol. The van der Waals surface area contributed by atoms with Crippen molar-refractivity contribution in [2.24, 2.45) is 5.73 Å². The van der Waals surface area contributed by atoms with Crippen LogP contribution < -0.4 is 11.1 Å². The summed E-state index contributed by atoms with van der Waals surface area (Å²) in [6.07, 6.45) is 2.82. The largest absolute Gasteiger partial charge is 0.393 e. The van der Waals surface area contributed by atoms with Crippen LogP contribution in [0.2, 0.25) is 0 Å². The van der Waals surface area contributed by atoms with Crippen molar-refractivity contribution in [2.75, 3.05) is 13.1 Å². The second-order valence-electron chi connectivity index (χ2n) is 3.52. The van der Waals surface area contributed by atoms with Crippen molar-refractivity contribution in [2.45, 2.75) is 32.2 Å². The third-order valence-corrected chi connectivity index (χ3v) is 2.41. The van der Waals surface area contributed by atoms with Gasteiger partial charge in [0.1, 0.15) is 0 Å². The molecule has 1 fully saturated rings. The topological polar surface area (TPSA) is 58.4 Å². The first kappa shape index (κ1) is 11.2. The molecular weight excluding hydrogens is 198 g/mol. The van der Waals surface area contributed by atoms with E-state index in [1.54, 1.807) is 4.90 Å². The standard InChI is InChI=1S/C9H17N3OS/c1-2-12(6-5-8(10)14)9(13)11-7-3-4-7/h7H,2-6H2,1H3,(H2,10,14)(H,11,13). The minimum Gasteiger partial charge on any atom is -0.393 e. The SMILES string of the molecule is CCN(CCC(N)=S)C(=O)NC1CC1. The van der Waals surface area contributed by atoms with Crippen molar-refractivity contribution in [1.29, 1.82) is 0 Å². The normalized spacial score (nSPS) is 14.9. The first-order chi connectivity index (χ1) is 6.63. The Bertz CT molecular complexity index is 228. The van der Waals surface area contributed by atoms with Gasteiger partial charge in [0.25, 0.3) is 0 Å². The number of carbonyl (C=O) groups excluding carboxylic acids is 1. The van der Waals surface area contributed by atoms with Gasteiger partial charge in [-0.2, -0.15) is 0 Å². The molecule has 4 nitrogen and oxygen atoms in total. The molecule has 0 saturated heterocycles. The van der Waals surface area contributed by atoms with Crippen LogP contribution in [-0.4, -0.2) is 35.1 Å². The molecule has 1 saturated carbocycles. The molecule has 0 aromatic heterocycles. The molecule has 5 heteroatoms. The number of carbonyl (C=O) groups is 1. The third-order valence-electron chi connectivity index (χ3n) is 2.20. The lowest BCUT2D eigenvalue weighted by molar-refractivity contribution is 0.201. The van der Waals surface area contributed by atoms with Crippen LogP contribution in [0.25, 0.3) is 0 Å². The fourth-order valence-electron chi connectivity index (χ4n) is 1.14. The van der Waals surface area contributed by atoms with Gasteiger partial charge in [-0.05, 0) is 19.8 Å². The molecule has 1 aliphatic rings. The number of amides is 2. The summed E-state index contributed by atoms with van der Waals surface area (Å²) in [6, 6.07) is 0.410. The molecule has 0 bridgehead atoms. The summed E-state index contributed by atoms with van der Waals surface area (Å²) in [5.41, 5.74) is 5.38. The van der Waals surface area contributed by atoms with Gasteiger partial charge >= 0.3 is 6.03 Å². The first-order valence-corrected chi connectivity index (χ1v) is 5.38. The van der Waals surface area contributed by atoms with Crippen molar-refractivity contribution in [3.8, 4) is 0 Å². The van der Waals surface area contributed by atoms with E-state index < -0.39 is 0 Å². The average molecular weight is 215 g/mol. The lowest BCUT2D eigenvalue weighted by Gasteiger charge is -2.20. The number of nitrogens with zero attached hydrogens (tertiary/aromatic N) is 1. The van der Waals surface area contributed by atoms with Gasteiger partial charge in [-0.15, -0.1) is 0 Å². The summed E-state index contributed by atoms with van der Waals surface area (Å²) in [5, 5.41) is 2.93. The van der Waals surface area contributed by atoms with E-state index in [-0.39, 0.29) is 6.03 Å². The highest BCUT2D eigenvalue weighted by molar-refractivity contribution is 7.80. The number of urea groups is 1. The van der Waals surface area contributed by atoms with E-state index in [0.717, 1.165) is 12.8 Å². The van der Waals surface area contributed by atoms with E-state index in [9.17, 15) is 4.79 Å². The smallest absolute Gasteiger partial charge is 0.317 e. The molecule has 0 aromatic carbocycles. The van der Waals surface area contributed by atoms with E-state index in [4.69, 9.17) is 18.0 Å². The molecule has 0 radical (unpaired) electrons. The van der Waals surface area contributed by atoms with Crippen LogP contribution in [0, 0.1) is 0 Å². The van der Waals surface area contributed by atoms with Gasteiger partial charge in [0.2, 0.25) is 0 Å². The molecule has 0 aliphatic heterocycles. The molecule has 0 atom stereocenters. The Kier molecular flexibility index (Phi) is 4.13. The van der Waals surface area contributed by atoms with Crippen LogP contribution in [0.1, 0.15) is 26.2 Å². The van der Waals surface area contributed by atoms with E-state index in [2.05, 4.69) is 5.32 Å². The van der Waals surface area contributed by atoms with Crippen LogP contribution in [0.15, 0.2) is 0 Å². The number of hydrogen-bond acceptors (Lipinski definition) is 2. The Balaban J connectivity index is 2.27. The molecule has 0 heterocycles. The highest BCUT2D eigenvalue weighted by atomic mass is 32.1. The molecule has 3 N–H and O–H groups in total. The van der Waals surface area contributed by atoms with E-state index >= 15 is 0 Å². The second-order valence-corrected chi connectivity index (χ2v) is 4.04. The lowest BCUT2D eigenvalue weighted by atomic mass is 10.4. The van der Waals surface area contributed by atoms with Crippen LogP contribution in [-0.2, 0) is 0 Å². The molecule has 0 unspecified atom stereocenters. The third kappa shape index (κ3) is 3.91. The maximum absolute atomic E-state index is 11.6. The van der Waals surface area contributed by atoms with E-state index in [1.165, 1.54) is 0 Å². The quantitative estimate of drug-likeness (QED) is 0.669. The van der Waals surface area contributed by atoms with Gasteiger partial charge in [-0.1, -0.05) is 12.2 Å². The van der Waals surface area contributed by atoms with Crippen molar-refractivity contribution >= 4 is 23.2 Å². The van der Waals surface area contributed by atoms with Gasteiger partial charge < -0.3 is 16.0 Å². The molecule has 2 amide bonds. The molecular formula is C9H17N3OS. The fraction of sp³-hybridized carbons (Fsp3) is 0.778. The van der Waals surface area contributed by atoms with Crippen LogP contribution in [0.5, 0.6) is 0 Å². The summed E-state index contributed by atoms with van der Waals surface area (Å²) in [4.78, 5) is 13.8. The zero-order valence-corrected chi connectivity index (χ0v) is 9.27. The van der Waals surface area contributed by atoms with Crippen LogP contribution in [0.3, 0.4) is 0 Å². The molecule has 14 heavy (non-hydrogen) atoms. The first-order valence-electron chi connectivity index (χ1n) is 4.97. The highest BCUT2D eigenvalue weighted by Gasteiger charge is 2.25. The summed E-state index contributed by atoms with van der Waals surface area (Å²) < 4.78 is 0. The molecule has 1 aliphatic carbocycles. The monoisotopic (exact) mass is 215 g/mol. The second kappa shape index (κ2) is 5.14. The summed E-state index contributed by atoms with van der Waals surface area (Å²) in [6.45, 7) is 3.26. The lowest BCUT2D eigenvalue weighted by Crippen LogP contribution is -2.42. The molecule has 1 rings (SSSR count). The van der Waals surface area contributed by atoms with Gasteiger partial charge in [-0.25, -0.2) is 4.79 Å². The maximum atomic E-state index is 11.6. The average Bonchev–Trinajstić information content (AvgIpc) is 2.88. The Morgan fingerprint density at radius 1 is 1.64 bits per heavy atom. The molecule has 0 spiro atoms. The zero-order valence-electron chi connectivity index (χ0n) is 8.45. The fourth-order valence-corrected chi connectivity index (χ4v) is 1.23. The number of nitrogens with one attached hydrogen (secondary N) is 1. The summed E-state index contributed by atoms with van der Waals surface area (Å²) in [5.74, 6) is 0. The van der Waals surface area contributed by atoms with Crippen LogP contribution in [0.4, 0.5) is 4.79 Å². The van der Waals surface area contributed by atoms with E-state index in [1.807, 2.05) is 6.92 Å². The van der Waals surface area contributed by atoms with Crippen molar-refractivity contribution in [1.82, 2.24) is 10.2 Å². The van der Waals surface area contributed by atoms with Crippen molar-refractivity contribution in [3.63, 3.8) is 0 Å². The highest BCUT2D eigenvalue weighted by Crippen LogP contribution is 2.18. The Labute approximate surface area is 89.8 Å². The minimum atomic E-state index is 0.00579. The number of rotatable bonds is 5. The minimum absolute atomic E-state index is 0.00579. The number of hydrogen-bond donors (Lipinski definition) is 2. The number of nitrogens with two attached hydrogens (primary N) is 1. The zero-order chi connectivity index (χ0) is 10.6. The van der Waals surface area contributed by atoms with Gasteiger partial charge in [0.05, 0.1) is 4.99 Å². The van der Waals surface area contributed by atoms with Crippen LogP contribution >= 0.6 is 12.2 Å². The summed E-state index contributed by atoms with van der Waals surface area (Å²) >= 11 is 4.77. The summed E-state index contributed by atoms with van der Waals surface area (Å²) in [7, 11) is 0. The van der Waals surface area contributed by atoms with Gasteiger partial charge in [-0.3, -0.25) is 0 Å². The van der Waals surface area contributed by atoms with Crippen molar-refractivity contribution in [3.05, 3.63) is 0 Å². The Morgan fingerprint density at radius 2 is 2.29 bits per heavy atom. The Morgan fingerprint density at radius 3 is 2.71 bits per heavy atom. The van der Waals surface area contributed by atoms with Gasteiger partial charge in [0.15, 0.2) is 0 Å². The number of thiocarbonyl (C=S) groups is 1. The Hall–Kier alpha value is -0.840. The molecule has 80 valence electrons. The predicted octanol–water partition coefficient (Wildman–Crippen LogP) is 0.857. The van der Waals surface area contributed by atoms with Gasteiger partial charge in [0, 0.05) is 25.6 Å².